The van der Waals surface area contributed by atoms with Crippen LogP contribution < -0.4 is 5.73 Å². The van der Waals surface area contributed by atoms with Gasteiger partial charge in [0.05, 0.1) is 5.69 Å². The molecule has 1 heterocycles. The van der Waals surface area contributed by atoms with E-state index in [0.29, 0.717) is 5.56 Å². The average molecular weight is 277 g/mol. The number of nitrogens with two attached hydrogens (primary N) is 1. The molecule has 1 saturated carbocycles. The van der Waals surface area contributed by atoms with Crippen molar-refractivity contribution >= 4 is 11.6 Å². The maximum absolute atomic E-state index is 13.1. The number of amides is 1. The van der Waals surface area contributed by atoms with Gasteiger partial charge >= 0.3 is 0 Å². The molecule has 4 nitrogen and oxygen atoms in total. The predicted molar refractivity (Wildman–Crippen MR) is 75.9 cm³/mol. The van der Waals surface area contributed by atoms with Crippen LogP contribution in [0, 0.1) is 11.7 Å². The number of hydrogen-bond acceptors (Lipinski definition) is 3. The maximum atomic E-state index is 13.1. The second-order valence-corrected chi connectivity index (χ2v) is 5.77. The van der Waals surface area contributed by atoms with Gasteiger partial charge < -0.3 is 10.6 Å². The monoisotopic (exact) mass is 277 g/mol. The summed E-state index contributed by atoms with van der Waals surface area (Å²) in [7, 11) is 0. The Kier molecular flexibility index (Phi) is 3.61. The fourth-order valence-corrected chi connectivity index (χ4v) is 2.66. The van der Waals surface area contributed by atoms with Crippen LogP contribution in [0.5, 0.6) is 0 Å². The molecule has 0 atom stereocenters. The van der Waals surface area contributed by atoms with Crippen LogP contribution in [-0.4, -0.2) is 48.4 Å². The summed E-state index contributed by atoms with van der Waals surface area (Å²) in [6.45, 7) is 4.51. The van der Waals surface area contributed by atoms with E-state index in [0.717, 1.165) is 32.1 Å². The normalized spacial score (nSPS) is 20.1. The minimum Gasteiger partial charge on any atom is -0.396 e. The highest BCUT2D eigenvalue weighted by Gasteiger charge is 2.28. The third-order valence-electron chi connectivity index (χ3n) is 4.12. The Morgan fingerprint density at radius 2 is 1.95 bits per heavy atom. The fourth-order valence-electron chi connectivity index (χ4n) is 2.66. The largest absolute Gasteiger partial charge is 0.396 e. The number of rotatable bonds is 3. The molecule has 5 heteroatoms. The van der Waals surface area contributed by atoms with Crippen molar-refractivity contribution in [3.05, 3.63) is 29.6 Å². The molecule has 1 aromatic rings. The topological polar surface area (TPSA) is 49.6 Å². The highest BCUT2D eigenvalue weighted by molar-refractivity contribution is 5.95. The zero-order chi connectivity index (χ0) is 14.1. The van der Waals surface area contributed by atoms with E-state index in [1.807, 2.05) is 4.90 Å². The maximum Gasteiger partial charge on any atom is 0.254 e. The highest BCUT2D eigenvalue weighted by Crippen LogP contribution is 2.30. The number of carbonyl (C=O) groups is 1. The SMILES string of the molecule is Nc1cc(C(=O)N2CCN(CC3CC3)CC2)ccc1F. The molecule has 108 valence electrons. The lowest BCUT2D eigenvalue weighted by Gasteiger charge is -2.34. The lowest BCUT2D eigenvalue weighted by atomic mass is 10.1. The van der Waals surface area contributed by atoms with Gasteiger partial charge in [-0.2, -0.15) is 0 Å². The van der Waals surface area contributed by atoms with Gasteiger partial charge in [0.1, 0.15) is 5.82 Å². The molecule has 2 N–H and O–H groups in total. The summed E-state index contributed by atoms with van der Waals surface area (Å²) in [6.07, 6.45) is 2.71. The first-order valence-electron chi connectivity index (χ1n) is 7.20. The number of hydrogen-bond donors (Lipinski definition) is 1. The van der Waals surface area contributed by atoms with Crippen molar-refractivity contribution in [3.63, 3.8) is 0 Å². The Balaban J connectivity index is 1.58. The van der Waals surface area contributed by atoms with Gasteiger partial charge in [0.2, 0.25) is 0 Å². The van der Waals surface area contributed by atoms with E-state index in [2.05, 4.69) is 4.90 Å². The van der Waals surface area contributed by atoms with E-state index in [1.165, 1.54) is 37.6 Å². The molecular weight excluding hydrogens is 257 g/mol. The molecule has 0 aromatic heterocycles. The second kappa shape index (κ2) is 5.40. The summed E-state index contributed by atoms with van der Waals surface area (Å²) < 4.78 is 13.1. The van der Waals surface area contributed by atoms with Gasteiger partial charge in [-0.1, -0.05) is 0 Å². The summed E-state index contributed by atoms with van der Waals surface area (Å²) in [5.41, 5.74) is 6.02. The van der Waals surface area contributed by atoms with Crippen LogP contribution in [0.4, 0.5) is 10.1 Å². The Hall–Kier alpha value is -1.62. The van der Waals surface area contributed by atoms with Gasteiger partial charge in [-0.05, 0) is 37.0 Å². The number of nitrogens with zero attached hydrogens (tertiary/aromatic N) is 2. The smallest absolute Gasteiger partial charge is 0.254 e. The van der Waals surface area contributed by atoms with Gasteiger partial charge in [-0.3, -0.25) is 9.69 Å². The number of carbonyl (C=O) groups excluding carboxylic acids is 1. The van der Waals surface area contributed by atoms with Crippen LogP contribution in [-0.2, 0) is 0 Å². The molecule has 0 spiro atoms. The first kappa shape index (κ1) is 13.4. The molecule has 1 aliphatic heterocycles. The molecule has 3 rings (SSSR count). The number of anilines is 1. The van der Waals surface area contributed by atoms with Gasteiger partial charge in [0, 0.05) is 38.3 Å². The molecule has 1 saturated heterocycles. The Morgan fingerprint density at radius 3 is 2.55 bits per heavy atom. The van der Waals surface area contributed by atoms with E-state index in [9.17, 15) is 9.18 Å². The van der Waals surface area contributed by atoms with E-state index in [-0.39, 0.29) is 11.6 Å². The van der Waals surface area contributed by atoms with Crippen LogP contribution in [0.3, 0.4) is 0 Å². The zero-order valence-electron chi connectivity index (χ0n) is 11.5. The third kappa shape index (κ3) is 2.93. The number of piperazine rings is 1. The first-order valence-corrected chi connectivity index (χ1v) is 7.20. The molecule has 1 amide bonds. The van der Waals surface area contributed by atoms with Gasteiger partial charge in [0.15, 0.2) is 0 Å². The van der Waals surface area contributed by atoms with Crippen molar-refractivity contribution in [2.24, 2.45) is 5.92 Å². The Morgan fingerprint density at radius 1 is 1.25 bits per heavy atom. The summed E-state index contributed by atoms with van der Waals surface area (Å²) in [5.74, 6) is 0.354. The highest BCUT2D eigenvalue weighted by atomic mass is 19.1. The lowest BCUT2D eigenvalue weighted by Crippen LogP contribution is -2.49. The van der Waals surface area contributed by atoms with Crippen molar-refractivity contribution in [1.29, 1.82) is 0 Å². The minimum absolute atomic E-state index is 0.0308. The molecule has 2 aliphatic rings. The molecule has 1 aromatic carbocycles. The van der Waals surface area contributed by atoms with E-state index < -0.39 is 5.82 Å². The van der Waals surface area contributed by atoms with Crippen molar-refractivity contribution in [2.45, 2.75) is 12.8 Å². The first-order chi connectivity index (χ1) is 9.63. The second-order valence-electron chi connectivity index (χ2n) is 5.77. The van der Waals surface area contributed by atoms with E-state index in [4.69, 9.17) is 5.73 Å². The molecule has 1 aliphatic carbocycles. The zero-order valence-corrected chi connectivity index (χ0v) is 11.5. The summed E-state index contributed by atoms with van der Waals surface area (Å²) in [4.78, 5) is 16.6. The molecule has 20 heavy (non-hydrogen) atoms. The van der Waals surface area contributed by atoms with Crippen LogP contribution in [0.25, 0.3) is 0 Å². The fraction of sp³-hybridized carbons (Fsp3) is 0.533. The number of benzene rings is 1. The van der Waals surface area contributed by atoms with Gasteiger partial charge in [0.25, 0.3) is 5.91 Å². The van der Waals surface area contributed by atoms with Gasteiger partial charge in [-0.15, -0.1) is 0 Å². The predicted octanol–water partition coefficient (Wildman–Crippen LogP) is 1.58. The van der Waals surface area contributed by atoms with Crippen LogP contribution in [0.1, 0.15) is 23.2 Å². The van der Waals surface area contributed by atoms with Crippen molar-refractivity contribution in [3.8, 4) is 0 Å². The third-order valence-corrected chi connectivity index (χ3v) is 4.12. The standard InChI is InChI=1S/C15H20FN3O/c16-13-4-3-12(9-14(13)17)15(20)19-7-5-18(6-8-19)10-11-1-2-11/h3-4,9,11H,1-2,5-8,10,17H2. The average Bonchev–Trinajstić information content (AvgIpc) is 3.26. The lowest BCUT2D eigenvalue weighted by molar-refractivity contribution is 0.0632. The van der Waals surface area contributed by atoms with E-state index >= 15 is 0 Å². The van der Waals surface area contributed by atoms with Crippen LogP contribution >= 0.6 is 0 Å². The van der Waals surface area contributed by atoms with Crippen LogP contribution in [0.15, 0.2) is 18.2 Å². The molecule has 0 bridgehead atoms. The summed E-state index contributed by atoms with van der Waals surface area (Å²) in [5, 5.41) is 0. The summed E-state index contributed by atoms with van der Waals surface area (Å²) >= 11 is 0. The number of nitrogen functional groups attached to an aromatic ring is 1. The Bertz CT molecular complexity index is 508. The minimum atomic E-state index is -0.476. The molecule has 0 radical (unpaired) electrons. The van der Waals surface area contributed by atoms with Crippen molar-refractivity contribution < 1.29 is 9.18 Å². The molecular formula is C15H20FN3O. The Labute approximate surface area is 118 Å². The summed E-state index contributed by atoms with van der Waals surface area (Å²) in [6, 6.07) is 4.19. The molecule has 0 unspecified atom stereocenters. The van der Waals surface area contributed by atoms with Crippen molar-refractivity contribution in [1.82, 2.24) is 9.80 Å². The quantitative estimate of drug-likeness (QED) is 0.853. The molecule has 2 fully saturated rings. The van der Waals surface area contributed by atoms with E-state index in [1.54, 1.807) is 0 Å². The van der Waals surface area contributed by atoms with Crippen molar-refractivity contribution in [2.75, 3.05) is 38.5 Å². The van der Waals surface area contributed by atoms with Gasteiger partial charge in [-0.25, -0.2) is 4.39 Å². The number of halogens is 1. The van der Waals surface area contributed by atoms with Crippen LogP contribution in [0.2, 0.25) is 0 Å².